The van der Waals surface area contributed by atoms with Crippen LogP contribution in [0.4, 0.5) is 11.4 Å². The molecule has 0 aliphatic rings. The Kier molecular flexibility index (Phi) is 4.47. The van der Waals surface area contributed by atoms with Crippen LogP contribution in [0.2, 0.25) is 0 Å². The van der Waals surface area contributed by atoms with Gasteiger partial charge in [-0.3, -0.25) is 0 Å². The molecule has 2 N–H and O–H groups in total. The van der Waals surface area contributed by atoms with E-state index in [4.69, 9.17) is 10.5 Å². The first-order valence-electron chi connectivity index (χ1n) is 5.78. The summed E-state index contributed by atoms with van der Waals surface area (Å²) in [7, 11) is 2.08. The van der Waals surface area contributed by atoms with Crippen LogP contribution in [0.3, 0.4) is 0 Å². The molecule has 0 radical (unpaired) electrons. The molecule has 0 aliphatic heterocycles. The lowest BCUT2D eigenvalue weighted by molar-refractivity contribution is 0.342. The molecule has 0 amide bonds. The average Bonchev–Trinajstić information content (AvgIpc) is 2.20. The molecule has 1 rings (SSSR count). The lowest BCUT2D eigenvalue weighted by atomic mass is 10.2. The number of benzene rings is 1. The van der Waals surface area contributed by atoms with Gasteiger partial charge in [0.15, 0.2) is 0 Å². The van der Waals surface area contributed by atoms with Crippen molar-refractivity contribution in [2.75, 3.05) is 30.8 Å². The Morgan fingerprint density at radius 3 is 2.62 bits per heavy atom. The third-order valence-corrected chi connectivity index (χ3v) is 2.38. The van der Waals surface area contributed by atoms with Crippen LogP contribution in [0, 0.1) is 5.92 Å². The molecule has 1 aromatic carbocycles. The lowest BCUT2D eigenvalue weighted by Gasteiger charge is -2.22. The van der Waals surface area contributed by atoms with Gasteiger partial charge in [0.05, 0.1) is 12.3 Å². The summed E-state index contributed by atoms with van der Waals surface area (Å²) in [6.07, 6.45) is 0. The molecule has 90 valence electrons. The van der Waals surface area contributed by atoms with Gasteiger partial charge in [-0.15, -0.1) is 0 Å². The van der Waals surface area contributed by atoms with Crippen LogP contribution in [-0.2, 0) is 0 Å². The van der Waals surface area contributed by atoms with Crippen molar-refractivity contribution in [3.05, 3.63) is 18.2 Å². The average molecular weight is 222 g/mol. The number of nitrogens with two attached hydrogens (primary N) is 1. The Morgan fingerprint density at radius 1 is 1.38 bits per heavy atom. The summed E-state index contributed by atoms with van der Waals surface area (Å²) in [4.78, 5) is 2.21. The Hall–Kier alpha value is -1.38. The van der Waals surface area contributed by atoms with Gasteiger partial charge in [-0.1, -0.05) is 13.8 Å². The maximum Gasteiger partial charge on any atom is 0.144 e. The van der Waals surface area contributed by atoms with Crippen LogP contribution in [0.1, 0.15) is 20.8 Å². The van der Waals surface area contributed by atoms with E-state index in [9.17, 15) is 0 Å². The fourth-order valence-corrected chi connectivity index (χ4v) is 1.69. The van der Waals surface area contributed by atoms with Crippen molar-refractivity contribution >= 4 is 11.4 Å². The number of rotatable bonds is 5. The summed E-state index contributed by atoms with van der Waals surface area (Å²) in [5.41, 5.74) is 7.68. The van der Waals surface area contributed by atoms with Gasteiger partial charge in [0.2, 0.25) is 0 Å². The molecule has 0 fully saturated rings. The van der Waals surface area contributed by atoms with Gasteiger partial charge in [0, 0.05) is 25.3 Å². The van der Waals surface area contributed by atoms with Gasteiger partial charge in [-0.2, -0.15) is 0 Å². The van der Waals surface area contributed by atoms with E-state index in [-0.39, 0.29) is 0 Å². The lowest BCUT2D eigenvalue weighted by Crippen LogP contribution is -2.22. The molecule has 0 atom stereocenters. The van der Waals surface area contributed by atoms with Crippen molar-refractivity contribution in [3.8, 4) is 5.75 Å². The molecule has 0 spiro atoms. The Morgan fingerprint density at radius 2 is 2.06 bits per heavy atom. The van der Waals surface area contributed by atoms with Crippen molar-refractivity contribution in [1.82, 2.24) is 0 Å². The van der Waals surface area contributed by atoms with Gasteiger partial charge < -0.3 is 15.4 Å². The highest BCUT2D eigenvalue weighted by atomic mass is 16.5. The minimum atomic E-state index is 0.637. The van der Waals surface area contributed by atoms with E-state index in [1.807, 2.05) is 25.1 Å². The topological polar surface area (TPSA) is 38.5 Å². The fraction of sp³-hybridized carbons (Fsp3) is 0.538. The first-order chi connectivity index (χ1) is 7.54. The smallest absolute Gasteiger partial charge is 0.144 e. The Labute approximate surface area is 98.2 Å². The standard InChI is InChI=1S/C13H22N2O/c1-5-16-13-8-11(6-7-12(13)14)15(4)9-10(2)3/h6-8,10H,5,9,14H2,1-4H3. The molecule has 3 heteroatoms. The summed E-state index contributed by atoms with van der Waals surface area (Å²) in [5.74, 6) is 1.41. The Bertz CT molecular complexity index is 337. The van der Waals surface area contributed by atoms with Gasteiger partial charge in [-0.25, -0.2) is 0 Å². The number of nitrogen functional groups attached to an aromatic ring is 1. The number of anilines is 2. The highest BCUT2D eigenvalue weighted by Gasteiger charge is 2.07. The molecule has 0 aliphatic carbocycles. The molecular weight excluding hydrogens is 200 g/mol. The summed E-state index contributed by atoms with van der Waals surface area (Å²) < 4.78 is 5.48. The van der Waals surface area contributed by atoms with Crippen molar-refractivity contribution in [3.63, 3.8) is 0 Å². The first kappa shape index (κ1) is 12.7. The maximum absolute atomic E-state index is 5.83. The van der Waals surface area contributed by atoms with E-state index in [0.29, 0.717) is 18.2 Å². The third-order valence-electron chi connectivity index (χ3n) is 2.38. The number of hydrogen-bond donors (Lipinski definition) is 1. The van der Waals surface area contributed by atoms with E-state index in [1.54, 1.807) is 0 Å². The number of nitrogens with zero attached hydrogens (tertiary/aromatic N) is 1. The van der Waals surface area contributed by atoms with E-state index in [2.05, 4.69) is 25.8 Å². The molecule has 0 aromatic heterocycles. The van der Waals surface area contributed by atoms with E-state index in [1.165, 1.54) is 0 Å². The molecule has 0 unspecified atom stereocenters. The summed E-state index contributed by atoms with van der Waals surface area (Å²) in [6, 6.07) is 5.93. The van der Waals surface area contributed by atoms with Gasteiger partial charge >= 0.3 is 0 Å². The van der Waals surface area contributed by atoms with Gasteiger partial charge in [0.1, 0.15) is 5.75 Å². The minimum absolute atomic E-state index is 0.637. The van der Waals surface area contributed by atoms with Crippen LogP contribution in [0.25, 0.3) is 0 Å². The van der Waals surface area contributed by atoms with Crippen LogP contribution >= 0.6 is 0 Å². The second-order valence-electron chi connectivity index (χ2n) is 4.43. The van der Waals surface area contributed by atoms with E-state index >= 15 is 0 Å². The molecular formula is C13H22N2O. The van der Waals surface area contributed by atoms with Gasteiger partial charge in [0.25, 0.3) is 0 Å². The molecule has 16 heavy (non-hydrogen) atoms. The first-order valence-corrected chi connectivity index (χ1v) is 5.78. The normalized spacial score (nSPS) is 10.6. The van der Waals surface area contributed by atoms with Gasteiger partial charge in [-0.05, 0) is 25.0 Å². The highest BCUT2D eigenvalue weighted by Crippen LogP contribution is 2.27. The maximum atomic E-state index is 5.83. The van der Waals surface area contributed by atoms with Crippen LogP contribution in [0.15, 0.2) is 18.2 Å². The van der Waals surface area contributed by atoms with Crippen LogP contribution in [0.5, 0.6) is 5.75 Å². The van der Waals surface area contributed by atoms with Crippen LogP contribution in [-0.4, -0.2) is 20.2 Å². The van der Waals surface area contributed by atoms with E-state index in [0.717, 1.165) is 18.0 Å². The predicted molar refractivity (Wildman–Crippen MR) is 70.1 cm³/mol. The van der Waals surface area contributed by atoms with Crippen molar-refractivity contribution in [1.29, 1.82) is 0 Å². The summed E-state index contributed by atoms with van der Waals surface area (Å²) in [6.45, 7) is 8.04. The van der Waals surface area contributed by atoms with Crippen molar-refractivity contribution < 1.29 is 4.74 Å². The predicted octanol–water partition coefficient (Wildman–Crippen LogP) is 2.76. The quantitative estimate of drug-likeness (QED) is 0.778. The van der Waals surface area contributed by atoms with Crippen molar-refractivity contribution in [2.45, 2.75) is 20.8 Å². The SMILES string of the molecule is CCOc1cc(N(C)CC(C)C)ccc1N. The minimum Gasteiger partial charge on any atom is -0.492 e. The zero-order chi connectivity index (χ0) is 12.1. The molecule has 3 nitrogen and oxygen atoms in total. The molecule has 0 saturated carbocycles. The molecule has 0 bridgehead atoms. The molecule has 0 heterocycles. The third kappa shape index (κ3) is 3.33. The zero-order valence-electron chi connectivity index (χ0n) is 10.7. The van der Waals surface area contributed by atoms with Crippen LogP contribution < -0.4 is 15.4 Å². The second kappa shape index (κ2) is 5.64. The molecule has 1 aromatic rings. The summed E-state index contributed by atoms with van der Waals surface area (Å²) in [5, 5.41) is 0. The number of ether oxygens (including phenoxy) is 1. The second-order valence-corrected chi connectivity index (χ2v) is 4.43. The number of hydrogen-bond acceptors (Lipinski definition) is 3. The monoisotopic (exact) mass is 222 g/mol. The van der Waals surface area contributed by atoms with E-state index < -0.39 is 0 Å². The summed E-state index contributed by atoms with van der Waals surface area (Å²) >= 11 is 0. The highest BCUT2D eigenvalue weighted by molar-refractivity contribution is 5.62. The molecule has 0 saturated heterocycles. The Balaban J connectivity index is 2.84. The zero-order valence-corrected chi connectivity index (χ0v) is 10.7. The van der Waals surface area contributed by atoms with Crippen molar-refractivity contribution in [2.24, 2.45) is 5.92 Å². The largest absolute Gasteiger partial charge is 0.492 e. The fourth-order valence-electron chi connectivity index (χ4n) is 1.69.